The number of quaternary nitrogens is 1. The van der Waals surface area contributed by atoms with Crippen LogP contribution in [0.4, 0.5) is 17.1 Å². The van der Waals surface area contributed by atoms with Gasteiger partial charge in [-0.25, -0.2) is 0 Å². The highest BCUT2D eigenvalue weighted by molar-refractivity contribution is 6.22. The number of hydrazone groups is 1. The lowest BCUT2D eigenvalue weighted by Gasteiger charge is -2.34. The monoisotopic (exact) mass is 449 g/mol. The molecule has 0 radical (unpaired) electrons. The third-order valence-corrected chi connectivity index (χ3v) is 4.86. The number of ketones is 1. The number of nitrogens with zero attached hydrogens (tertiary/aromatic N) is 3. The van der Waals surface area contributed by atoms with Gasteiger partial charge in [-0.05, 0) is 24.8 Å². The summed E-state index contributed by atoms with van der Waals surface area (Å²) in [5.41, 5.74) is 1.03. The molecule has 0 bridgehead atoms. The van der Waals surface area contributed by atoms with Crippen molar-refractivity contribution in [3.8, 4) is 0 Å². The minimum absolute atomic E-state index is 0.0265. The number of rotatable bonds is 5. The largest absolute Gasteiger partial charge is 0.875 e. The molecule has 1 aliphatic heterocycles. The molecule has 0 saturated carbocycles. The van der Waals surface area contributed by atoms with Crippen LogP contribution >= 0.6 is 0 Å². The first-order valence-electron chi connectivity index (χ1n) is 10.1. The summed E-state index contributed by atoms with van der Waals surface area (Å²) < 4.78 is 5.04. The normalized spacial score (nSPS) is 18.5. The minimum atomic E-state index is -0.785. The third-order valence-electron chi connectivity index (χ3n) is 4.86. The number of carbonyl (C=O) groups is 1. The maximum Gasteiger partial charge on any atom is 0.301 e. The van der Waals surface area contributed by atoms with E-state index in [1.54, 1.807) is 0 Å². The molecule has 0 unspecified atom stereocenters. The molecule has 12 heteroatoms. The topological polar surface area (TPSA) is 177 Å². The van der Waals surface area contributed by atoms with Crippen molar-refractivity contribution in [2.75, 3.05) is 31.7 Å². The number of Topliss-reactive ketones (excluding diaryl/α,β-unsaturated/α-hetero) is 1. The van der Waals surface area contributed by atoms with Crippen LogP contribution in [0.15, 0.2) is 34.6 Å². The smallest absolute Gasteiger partial charge is 0.301 e. The first-order valence-corrected chi connectivity index (χ1v) is 10.1. The van der Waals surface area contributed by atoms with E-state index >= 15 is 0 Å². The number of non-ortho nitro benzene ring substituents is 1. The SMILES string of the molecule is C1COCC[NH2+]1.CC(=NNc1ccc([N+](=O)[O-])cc1[N+](=O)[O-])C1=C([O-])CC(C)(C)CC1=O. The van der Waals surface area contributed by atoms with E-state index in [0.29, 0.717) is 0 Å². The molecule has 0 aromatic heterocycles. The molecule has 0 amide bonds. The van der Waals surface area contributed by atoms with E-state index in [4.69, 9.17) is 4.74 Å². The number of nitro benzene ring substituents is 2. The van der Waals surface area contributed by atoms with Gasteiger partial charge in [-0.2, -0.15) is 5.10 Å². The quantitative estimate of drug-likeness (QED) is 0.378. The molecule has 174 valence electrons. The molecule has 0 spiro atoms. The molecule has 1 aromatic carbocycles. The Morgan fingerprint density at radius 3 is 2.28 bits per heavy atom. The van der Waals surface area contributed by atoms with Crippen molar-refractivity contribution in [1.29, 1.82) is 0 Å². The zero-order valence-corrected chi connectivity index (χ0v) is 18.3. The maximum absolute atomic E-state index is 12.2. The Hall–Kier alpha value is -3.38. The third kappa shape index (κ3) is 6.82. The summed E-state index contributed by atoms with van der Waals surface area (Å²) >= 11 is 0. The van der Waals surface area contributed by atoms with Crippen molar-refractivity contribution in [1.82, 2.24) is 0 Å². The van der Waals surface area contributed by atoms with Gasteiger partial charge in [0.15, 0.2) is 5.78 Å². The summed E-state index contributed by atoms with van der Waals surface area (Å²) in [5.74, 6) is -0.653. The van der Waals surface area contributed by atoms with Gasteiger partial charge in [0.2, 0.25) is 0 Å². The fraction of sp³-hybridized carbons (Fsp3) is 0.500. The highest BCUT2D eigenvalue weighted by Gasteiger charge is 2.30. The second kappa shape index (κ2) is 10.8. The highest BCUT2D eigenvalue weighted by Crippen LogP contribution is 2.35. The second-order valence-corrected chi connectivity index (χ2v) is 8.24. The zero-order valence-electron chi connectivity index (χ0n) is 18.3. The van der Waals surface area contributed by atoms with Crippen LogP contribution in [-0.4, -0.2) is 47.6 Å². The first-order chi connectivity index (χ1) is 15.0. The van der Waals surface area contributed by atoms with Crippen LogP contribution in [0.2, 0.25) is 0 Å². The van der Waals surface area contributed by atoms with Gasteiger partial charge in [0, 0.05) is 18.1 Å². The lowest BCUT2D eigenvalue weighted by atomic mass is 9.76. The van der Waals surface area contributed by atoms with Gasteiger partial charge < -0.3 is 15.2 Å². The van der Waals surface area contributed by atoms with Gasteiger partial charge in [-0.3, -0.25) is 30.4 Å². The predicted molar refractivity (Wildman–Crippen MR) is 114 cm³/mol. The van der Waals surface area contributed by atoms with E-state index in [2.05, 4.69) is 15.8 Å². The van der Waals surface area contributed by atoms with Crippen molar-refractivity contribution >= 4 is 28.6 Å². The van der Waals surface area contributed by atoms with E-state index in [1.807, 2.05) is 13.8 Å². The number of nitrogens with two attached hydrogens (primary N) is 1. The Balaban J connectivity index is 0.000000520. The molecule has 1 fully saturated rings. The molecule has 1 aromatic rings. The average Bonchev–Trinajstić information content (AvgIpc) is 2.72. The van der Waals surface area contributed by atoms with E-state index in [1.165, 1.54) is 6.92 Å². The molecule has 3 N–H and O–H groups in total. The highest BCUT2D eigenvalue weighted by atomic mass is 16.6. The summed E-state index contributed by atoms with van der Waals surface area (Å²) in [5, 5.41) is 40.2. The summed E-state index contributed by atoms with van der Waals surface area (Å²) in [6, 6.07) is 3.04. The molecule has 0 atom stereocenters. The van der Waals surface area contributed by atoms with E-state index in [0.717, 1.165) is 44.5 Å². The summed E-state index contributed by atoms with van der Waals surface area (Å²) in [6.07, 6.45) is 0.414. The van der Waals surface area contributed by atoms with Crippen molar-refractivity contribution in [3.63, 3.8) is 0 Å². The van der Waals surface area contributed by atoms with Crippen LogP contribution in [0, 0.1) is 25.6 Å². The number of nitro groups is 2. The zero-order chi connectivity index (χ0) is 23.9. The Morgan fingerprint density at radius 1 is 1.16 bits per heavy atom. The second-order valence-electron chi connectivity index (χ2n) is 8.24. The summed E-state index contributed by atoms with van der Waals surface area (Å²) in [6.45, 7) is 9.29. The van der Waals surface area contributed by atoms with E-state index in [9.17, 15) is 30.1 Å². The summed E-state index contributed by atoms with van der Waals surface area (Å²) in [7, 11) is 0. The molecule has 1 heterocycles. The number of benzene rings is 1. The number of hydrogen-bond donors (Lipinski definition) is 2. The number of allylic oxidation sites excluding steroid dienone is 2. The fourth-order valence-corrected chi connectivity index (χ4v) is 3.33. The molecule has 32 heavy (non-hydrogen) atoms. The standard InChI is InChI=1S/C16H18N4O6.C4H9NO/c1-9(15-13(21)7-16(2,3)8-14(15)22)17-18-11-5-4-10(19(23)24)6-12(11)20(25)26;1-3-6-4-2-5-1/h4-6,18,21H,7-8H2,1-3H3;5H,1-4H2. The van der Waals surface area contributed by atoms with Crippen LogP contribution in [0.3, 0.4) is 0 Å². The van der Waals surface area contributed by atoms with Gasteiger partial charge in [0.25, 0.3) is 5.69 Å². The van der Waals surface area contributed by atoms with Crippen molar-refractivity contribution in [2.45, 2.75) is 33.6 Å². The number of morpholine rings is 1. The molecular weight excluding hydrogens is 422 g/mol. The number of anilines is 1. The Labute approximate surface area is 184 Å². The van der Waals surface area contributed by atoms with E-state index in [-0.39, 0.29) is 41.4 Å². The van der Waals surface area contributed by atoms with Crippen LogP contribution in [0.5, 0.6) is 0 Å². The number of ether oxygens (including phenoxy) is 1. The molecule has 2 aliphatic rings. The van der Waals surface area contributed by atoms with Crippen LogP contribution in [0.1, 0.15) is 33.6 Å². The molecule has 3 rings (SSSR count). The average molecular weight is 449 g/mol. The van der Waals surface area contributed by atoms with Gasteiger partial charge >= 0.3 is 5.69 Å². The predicted octanol–water partition coefficient (Wildman–Crippen LogP) is 0.874. The number of nitrogens with one attached hydrogen (secondary N) is 1. The van der Waals surface area contributed by atoms with Crippen molar-refractivity contribution in [2.24, 2.45) is 10.5 Å². The molecule has 12 nitrogen and oxygen atoms in total. The van der Waals surface area contributed by atoms with Crippen molar-refractivity contribution in [3.05, 3.63) is 49.8 Å². The fourth-order valence-electron chi connectivity index (χ4n) is 3.33. The minimum Gasteiger partial charge on any atom is -0.875 e. The molecule has 1 aliphatic carbocycles. The summed E-state index contributed by atoms with van der Waals surface area (Å²) in [4.78, 5) is 32.5. The van der Waals surface area contributed by atoms with Gasteiger partial charge in [-0.1, -0.05) is 13.8 Å². The van der Waals surface area contributed by atoms with Gasteiger partial charge in [0.1, 0.15) is 5.69 Å². The first kappa shape index (κ1) is 24.9. The number of hydrogen-bond acceptors (Lipinski definition) is 9. The van der Waals surface area contributed by atoms with Crippen molar-refractivity contribution < 1.29 is 29.8 Å². The lowest BCUT2D eigenvalue weighted by molar-refractivity contribution is -0.670. The lowest BCUT2D eigenvalue weighted by Crippen LogP contribution is -2.87. The van der Waals surface area contributed by atoms with Gasteiger partial charge in [0.05, 0.1) is 47.9 Å². The Bertz CT molecular complexity index is 940. The van der Waals surface area contributed by atoms with Gasteiger partial charge in [-0.15, -0.1) is 5.76 Å². The van der Waals surface area contributed by atoms with Crippen LogP contribution in [0.25, 0.3) is 0 Å². The van der Waals surface area contributed by atoms with E-state index < -0.39 is 26.6 Å². The number of carbonyl (C=O) groups excluding carboxylic acids is 1. The Kier molecular flexibility index (Phi) is 8.38. The van der Waals surface area contributed by atoms with Crippen LogP contribution < -0.4 is 15.8 Å². The Morgan fingerprint density at radius 2 is 1.81 bits per heavy atom. The molecule has 1 saturated heterocycles. The van der Waals surface area contributed by atoms with Crippen LogP contribution in [-0.2, 0) is 9.53 Å². The maximum atomic E-state index is 12.2. The molecular formula is C20H27N5O7.